The summed E-state index contributed by atoms with van der Waals surface area (Å²) in [6.45, 7) is 0.238. The Morgan fingerprint density at radius 1 is 1.50 bits per heavy atom. The van der Waals surface area contributed by atoms with Crippen LogP contribution in [0.15, 0.2) is 6.20 Å². The summed E-state index contributed by atoms with van der Waals surface area (Å²) >= 11 is 7.61. The zero-order valence-corrected chi connectivity index (χ0v) is 9.90. The van der Waals surface area contributed by atoms with Crippen LogP contribution in [0.5, 0.6) is 0 Å². The smallest absolute Gasteiger partial charge is 0.270 e. The first kappa shape index (κ1) is 12.1. The van der Waals surface area contributed by atoms with Crippen LogP contribution in [-0.4, -0.2) is 16.0 Å². The van der Waals surface area contributed by atoms with E-state index in [1.165, 1.54) is 10.9 Å². The normalized spacial score (nSPS) is 12.1. The fourth-order valence-electron chi connectivity index (χ4n) is 0.930. The van der Waals surface area contributed by atoms with Crippen molar-refractivity contribution >= 4 is 34.2 Å². The summed E-state index contributed by atoms with van der Waals surface area (Å²) in [7, 11) is 0. The Labute approximate surface area is 97.6 Å². The minimum absolute atomic E-state index is 0.0254. The second-order valence-corrected chi connectivity index (χ2v) is 4.18. The third-order valence-corrected chi connectivity index (χ3v) is 2.92. The molecule has 0 atom stereocenters. The van der Waals surface area contributed by atoms with Crippen molar-refractivity contribution in [2.24, 2.45) is 0 Å². The van der Waals surface area contributed by atoms with Crippen LogP contribution in [0.25, 0.3) is 0 Å². The lowest BCUT2D eigenvalue weighted by molar-refractivity contribution is -0.136. The molecule has 0 amide bonds. The van der Waals surface area contributed by atoms with E-state index in [4.69, 9.17) is 11.6 Å². The van der Waals surface area contributed by atoms with Gasteiger partial charge in [0.2, 0.25) is 0 Å². The highest BCUT2D eigenvalue weighted by Gasteiger charge is 2.26. The van der Waals surface area contributed by atoms with Crippen molar-refractivity contribution < 1.29 is 13.2 Å². The maximum atomic E-state index is 11.8. The van der Waals surface area contributed by atoms with Gasteiger partial charge in [-0.3, -0.25) is 4.68 Å². The van der Waals surface area contributed by atoms with E-state index in [0.717, 1.165) is 0 Å². The fraction of sp³-hybridized carbons (Fsp3) is 0.571. The summed E-state index contributed by atoms with van der Waals surface area (Å²) in [4.78, 5) is 0. The summed E-state index contributed by atoms with van der Waals surface area (Å²) in [6, 6.07) is 0. The molecule has 0 bridgehead atoms. The average molecular weight is 338 g/mol. The summed E-state index contributed by atoms with van der Waals surface area (Å²) < 4.78 is 37.4. The van der Waals surface area contributed by atoms with E-state index < -0.39 is 12.6 Å². The van der Waals surface area contributed by atoms with Gasteiger partial charge in [-0.05, 0) is 29.0 Å². The Kier molecular flexibility index (Phi) is 4.05. The SMILES string of the molecule is FC(F)(F)CCCn1cc(Cl)c(I)n1. The maximum absolute atomic E-state index is 11.8. The highest BCUT2D eigenvalue weighted by Crippen LogP contribution is 2.22. The highest BCUT2D eigenvalue weighted by atomic mass is 127. The van der Waals surface area contributed by atoms with Gasteiger partial charge in [0, 0.05) is 19.2 Å². The quantitative estimate of drug-likeness (QED) is 0.772. The predicted octanol–water partition coefficient (Wildman–Crippen LogP) is 3.48. The third kappa shape index (κ3) is 4.04. The van der Waals surface area contributed by atoms with Crippen molar-refractivity contribution in [3.8, 4) is 0 Å². The molecule has 1 aromatic heterocycles. The molecule has 0 N–H and O–H groups in total. The van der Waals surface area contributed by atoms with Gasteiger partial charge in [-0.15, -0.1) is 0 Å². The number of halogens is 5. The van der Waals surface area contributed by atoms with E-state index in [9.17, 15) is 13.2 Å². The Bertz CT molecular complexity index is 291. The minimum atomic E-state index is -4.09. The number of hydrogen-bond acceptors (Lipinski definition) is 1. The van der Waals surface area contributed by atoms with E-state index in [1.807, 2.05) is 22.6 Å². The monoisotopic (exact) mass is 338 g/mol. The van der Waals surface area contributed by atoms with Gasteiger partial charge in [-0.25, -0.2) is 0 Å². The molecule has 7 heteroatoms. The number of aromatic nitrogens is 2. The Morgan fingerprint density at radius 3 is 2.57 bits per heavy atom. The standard InChI is InChI=1S/C7H7ClF3IN2/c8-5-4-14(13-6(5)12)3-1-2-7(9,10)11/h4H,1-3H2. The van der Waals surface area contributed by atoms with Crippen LogP contribution >= 0.6 is 34.2 Å². The molecule has 1 heterocycles. The van der Waals surface area contributed by atoms with Gasteiger partial charge < -0.3 is 0 Å². The molecule has 0 aliphatic carbocycles. The lowest BCUT2D eigenvalue weighted by Gasteiger charge is -2.05. The molecule has 0 fully saturated rings. The molecule has 1 aromatic rings. The first-order chi connectivity index (χ1) is 6.38. The maximum Gasteiger partial charge on any atom is 0.389 e. The van der Waals surface area contributed by atoms with E-state index in [1.54, 1.807) is 0 Å². The van der Waals surface area contributed by atoms with Gasteiger partial charge in [0.25, 0.3) is 0 Å². The number of rotatable bonds is 3. The van der Waals surface area contributed by atoms with Crippen LogP contribution in [0, 0.1) is 3.70 Å². The van der Waals surface area contributed by atoms with E-state index in [2.05, 4.69) is 5.10 Å². The van der Waals surface area contributed by atoms with Crippen molar-refractivity contribution in [1.82, 2.24) is 9.78 Å². The Hall–Kier alpha value is 0.0200. The van der Waals surface area contributed by atoms with E-state index >= 15 is 0 Å². The second kappa shape index (κ2) is 4.69. The molecule has 0 aromatic carbocycles. The number of hydrogen-bond donors (Lipinski definition) is 0. The Morgan fingerprint density at radius 2 is 2.14 bits per heavy atom. The van der Waals surface area contributed by atoms with Gasteiger partial charge in [0.05, 0.1) is 5.02 Å². The molecular weight excluding hydrogens is 331 g/mol. The molecule has 2 nitrogen and oxygen atoms in total. The van der Waals surface area contributed by atoms with Crippen LogP contribution in [0.2, 0.25) is 5.02 Å². The molecular formula is C7H7ClF3IN2. The molecule has 1 rings (SSSR count). The largest absolute Gasteiger partial charge is 0.389 e. The van der Waals surface area contributed by atoms with E-state index in [-0.39, 0.29) is 13.0 Å². The molecule has 0 saturated heterocycles. The van der Waals surface area contributed by atoms with E-state index in [0.29, 0.717) is 8.72 Å². The number of aryl methyl sites for hydroxylation is 1. The lowest BCUT2D eigenvalue weighted by atomic mass is 10.3. The second-order valence-electron chi connectivity index (χ2n) is 2.75. The first-order valence-electron chi connectivity index (χ1n) is 3.84. The van der Waals surface area contributed by atoms with Crippen molar-refractivity contribution in [2.75, 3.05) is 0 Å². The summed E-state index contributed by atoms with van der Waals surface area (Å²) in [5, 5.41) is 4.40. The van der Waals surface area contributed by atoms with Gasteiger partial charge in [-0.2, -0.15) is 18.3 Å². The van der Waals surface area contributed by atoms with Crippen LogP contribution in [-0.2, 0) is 6.54 Å². The van der Waals surface area contributed by atoms with Crippen LogP contribution < -0.4 is 0 Å². The van der Waals surface area contributed by atoms with Crippen molar-refractivity contribution in [1.29, 1.82) is 0 Å². The van der Waals surface area contributed by atoms with Gasteiger partial charge in [-0.1, -0.05) is 11.6 Å². The zero-order chi connectivity index (χ0) is 10.8. The molecule has 0 aliphatic heterocycles. The topological polar surface area (TPSA) is 17.8 Å². The van der Waals surface area contributed by atoms with Crippen LogP contribution in [0.4, 0.5) is 13.2 Å². The average Bonchev–Trinajstić information content (AvgIpc) is 2.28. The highest BCUT2D eigenvalue weighted by molar-refractivity contribution is 14.1. The number of nitrogens with zero attached hydrogens (tertiary/aromatic N) is 2. The molecule has 0 aliphatic rings. The van der Waals surface area contributed by atoms with Crippen molar-refractivity contribution in [3.05, 3.63) is 14.9 Å². The first-order valence-corrected chi connectivity index (χ1v) is 5.29. The zero-order valence-electron chi connectivity index (χ0n) is 6.98. The lowest BCUT2D eigenvalue weighted by Crippen LogP contribution is -2.09. The molecule has 14 heavy (non-hydrogen) atoms. The van der Waals surface area contributed by atoms with Gasteiger partial charge in [0.1, 0.15) is 3.70 Å². The molecule has 0 saturated carbocycles. The third-order valence-electron chi connectivity index (χ3n) is 1.52. The summed E-state index contributed by atoms with van der Waals surface area (Å²) in [6.07, 6.45) is -3.33. The van der Waals surface area contributed by atoms with Crippen molar-refractivity contribution in [2.45, 2.75) is 25.6 Å². The predicted molar refractivity (Wildman–Crippen MR) is 55.2 cm³/mol. The number of alkyl halides is 3. The molecule has 0 unspecified atom stereocenters. The summed E-state index contributed by atoms with van der Waals surface area (Å²) in [5.41, 5.74) is 0. The van der Waals surface area contributed by atoms with Crippen molar-refractivity contribution in [3.63, 3.8) is 0 Å². The molecule has 80 valence electrons. The minimum Gasteiger partial charge on any atom is -0.270 e. The van der Waals surface area contributed by atoms with Crippen LogP contribution in [0.3, 0.4) is 0 Å². The van der Waals surface area contributed by atoms with Crippen LogP contribution in [0.1, 0.15) is 12.8 Å². The Balaban J connectivity index is 2.39. The van der Waals surface area contributed by atoms with Gasteiger partial charge in [0.15, 0.2) is 0 Å². The fourth-order valence-corrected chi connectivity index (χ4v) is 1.50. The molecule has 0 spiro atoms. The van der Waals surface area contributed by atoms with Gasteiger partial charge >= 0.3 is 6.18 Å². The molecule has 0 radical (unpaired) electrons. The summed E-state index contributed by atoms with van der Waals surface area (Å²) in [5.74, 6) is 0.